The summed E-state index contributed by atoms with van der Waals surface area (Å²) in [5, 5.41) is 61.9. The van der Waals surface area contributed by atoms with Crippen LogP contribution in [0.3, 0.4) is 0 Å². The molecule has 88 heavy (non-hydrogen) atoms. The van der Waals surface area contributed by atoms with E-state index in [1.165, 1.54) is 72.8 Å². The number of rotatable bonds is 24. The summed E-state index contributed by atoms with van der Waals surface area (Å²) in [6.07, 6.45) is -2.87. The number of halogens is 4. The number of anilines is 4. The van der Waals surface area contributed by atoms with Crippen molar-refractivity contribution >= 4 is 103 Å². The molecule has 0 bridgehead atoms. The minimum atomic E-state index is -0.718. The van der Waals surface area contributed by atoms with E-state index in [4.69, 9.17) is 65.4 Å². The maximum atomic E-state index is 15.9. The molecule has 6 aromatic carbocycles. The first-order valence-electron chi connectivity index (χ1n) is 28.0. The van der Waals surface area contributed by atoms with Gasteiger partial charge >= 0.3 is 0 Å². The van der Waals surface area contributed by atoms with Crippen molar-refractivity contribution in [3.05, 3.63) is 202 Å². The second-order valence-electron chi connectivity index (χ2n) is 21.1. The Labute approximate surface area is 522 Å². The van der Waals surface area contributed by atoms with E-state index in [2.05, 4.69) is 21.3 Å². The van der Waals surface area contributed by atoms with Gasteiger partial charge in [-0.15, -0.1) is 0 Å². The molecule has 1 aliphatic carbocycles. The molecule has 5 aliphatic rings. The van der Waals surface area contributed by atoms with Gasteiger partial charge in [-0.3, -0.25) is 69.6 Å². The van der Waals surface area contributed by atoms with E-state index in [9.17, 15) is 40.5 Å². The molecule has 0 radical (unpaired) electrons. The minimum absolute atomic E-state index is 0.0728. The van der Waals surface area contributed by atoms with Crippen molar-refractivity contribution in [3.8, 4) is 0 Å². The van der Waals surface area contributed by atoms with Gasteiger partial charge in [0.25, 0.3) is 22.7 Å². The number of hydrogen-bond donors (Lipinski definition) is 4. The lowest BCUT2D eigenvalue weighted by Crippen LogP contribution is -2.33. The van der Waals surface area contributed by atoms with Crippen LogP contribution in [-0.2, 0) is 18.9 Å². The molecule has 0 amide bonds. The highest BCUT2D eigenvalue weighted by atomic mass is 35.5. The zero-order valence-corrected chi connectivity index (χ0v) is 49.7. The Balaban J connectivity index is 0.915. The number of nitrogens with zero attached hydrogens (tertiary/aromatic N) is 8. The molecule has 11 rings (SSSR count). The summed E-state index contributed by atoms with van der Waals surface area (Å²) >= 11 is 26.4. The molecule has 0 saturated carbocycles. The van der Waals surface area contributed by atoms with Crippen molar-refractivity contribution in [1.29, 1.82) is 0 Å². The fourth-order valence-electron chi connectivity index (χ4n) is 11.7. The molecule has 6 aromatic rings. The number of carbonyl (C=O) groups excluding carboxylic acids is 2. The van der Waals surface area contributed by atoms with Gasteiger partial charge in [0, 0.05) is 192 Å². The van der Waals surface area contributed by atoms with Gasteiger partial charge in [0.05, 0.1) is 68.4 Å². The predicted molar refractivity (Wildman–Crippen MR) is 327 cm³/mol. The minimum Gasteiger partial charge on any atom is -0.383 e. The first kappa shape index (κ1) is 61.9. The number of benzene rings is 6. The first-order chi connectivity index (χ1) is 42.4. The lowest BCUT2D eigenvalue weighted by molar-refractivity contribution is -0.385. The van der Waals surface area contributed by atoms with Crippen molar-refractivity contribution in [1.82, 2.24) is 19.6 Å². The van der Waals surface area contributed by atoms with Crippen molar-refractivity contribution in [2.24, 2.45) is 0 Å². The van der Waals surface area contributed by atoms with Crippen LogP contribution in [-0.4, -0.2) is 156 Å². The van der Waals surface area contributed by atoms with Crippen LogP contribution in [0, 0.1) is 40.5 Å². The summed E-state index contributed by atoms with van der Waals surface area (Å²) in [6, 6.07) is 23.5. The Kier molecular flexibility index (Phi) is 19.0. The van der Waals surface area contributed by atoms with E-state index in [0.717, 1.165) is 0 Å². The number of nitrogens with one attached hydrogen (secondary N) is 4. The third-order valence-corrected chi connectivity index (χ3v) is 17.3. The van der Waals surface area contributed by atoms with Gasteiger partial charge in [-0.2, -0.15) is 0 Å². The van der Waals surface area contributed by atoms with Crippen LogP contribution >= 0.6 is 46.4 Å². The molecule has 460 valence electrons. The first-order valence-corrected chi connectivity index (χ1v) is 29.5. The number of fused-ring (bicyclic) bond motifs is 2. The van der Waals surface area contributed by atoms with Crippen molar-refractivity contribution in [2.45, 2.75) is 24.9 Å². The maximum Gasteiger partial charge on any atom is 0.269 e. The number of hydrogen-bond acceptors (Lipinski definition) is 22. The van der Waals surface area contributed by atoms with Crippen molar-refractivity contribution in [3.63, 3.8) is 0 Å². The van der Waals surface area contributed by atoms with E-state index in [0.29, 0.717) is 124 Å². The molecule has 4 fully saturated rings. The van der Waals surface area contributed by atoms with Crippen molar-refractivity contribution < 1.29 is 48.2 Å². The number of nitro benzene ring substituents is 4. The molecular formula is C58H56Cl4N12O14. The van der Waals surface area contributed by atoms with E-state index < -0.39 is 56.2 Å². The lowest BCUT2D eigenvalue weighted by atomic mass is 9.80. The van der Waals surface area contributed by atoms with Gasteiger partial charge in [0.1, 0.15) is 24.9 Å². The smallest absolute Gasteiger partial charge is 0.269 e. The van der Waals surface area contributed by atoms with Crippen LogP contribution in [0.15, 0.2) is 97.1 Å². The van der Waals surface area contributed by atoms with Gasteiger partial charge in [-0.25, -0.2) is 0 Å². The third kappa shape index (κ3) is 12.9. The summed E-state index contributed by atoms with van der Waals surface area (Å²) in [4.78, 5) is 84.6. The number of non-ortho nitro benzene ring substituents is 4. The Morgan fingerprint density at radius 3 is 0.795 bits per heavy atom. The van der Waals surface area contributed by atoms with Gasteiger partial charge in [-0.05, 0) is 48.5 Å². The zero-order chi connectivity index (χ0) is 61.9. The molecule has 4 unspecified atom stereocenters. The zero-order valence-electron chi connectivity index (χ0n) is 46.7. The summed E-state index contributed by atoms with van der Waals surface area (Å²) < 4.78 is 24.2. The molecule has 4 heterocycles. The average Bonchev–Trinajstić information content (AvgIpc) is 1.01. The molecule has 26 nitrogen and oxygen atoms in total. The summed E-state index contributed by atoms with van der Waals surface area (Å²) in [5.74, 6) is -1.000. The fourth-order valence-corrected chi connectivity index (χ4v) is 12.6. The standard InChI is InChI=1S/C58H56Cl4N12O14/c59-41-5-1-33(71(77)78)29-37(41)55-67(21-25-85-55)17-13-63-45-9-10-46(64-14-18-68-22-26-86-56(68)38-30-34(72(79)80)2-6-42(38)60)50-49(45)53(75)51-47(65-15-19-69-23-27-87-57(69)39-31-35(73(81)82)3-7-43(39)61)11-12-48(52(51)54(50)76)66-16-20-70-24-28-88-58(70)40-32-36(74(83)84)4-8-44(40)62/h1-12,29-32,55-58,63-66H,13-28H2. The highest BCUT2D eigenvalue weighted by Crippen LogP contribution is 2.44. The molecule has 30 heteroatoms. The van der Waals surface area contributed by atoms with Crippen LogP contribution in [0.25, 0.3) is 0 Å². The number of ether oxygens (including phenoxy) is 4. The number of ketones is 2. The normalized spacial score (nSPS) is 19.6. The Morgan fingerprint density at radius 1 is 0.375 bits per heavy atom. The summed E-state index contributed by atoms with van der Waals surface area (Å²) in [5.41, 5.74) is 2.70. The van der Waals surface area contributed by atoms with Gasteiger partial charge in [-0.1, -0.05) is 46.4 Å². The highest BCUT2D eigenvalue weighted by molar-refractivity contribution is 6.35. The van der Waals surface area contributed by atoms with Crippen molar-refractivity contribution in [2.75, 3.05) is 126 Å². The fraction of sp³-hybridized carbons (Fsp3) is 0.345. The second-order valence-corrected chi connectivity index (χ2v) is 22.7. The molecule has 4 aliphatic heterocycles. The van der Waals surface area contributed by atoms with Crippen LogP contribution < -0.4 is 21.3 Å². The Hall–Kier alpha value is -7.70. The van der Waals surface area contributed by atoms with Crippen LogP contribution in [0.2, 0.25) is 20.1 Å². The maximum absolute atomic E-state index is 15.9. The van der Waals surface area contributed by atoms with Crippen LogP contribution in [0.1, 0.15) is 79.0 Å². The Bertz CT molecular complexity index is 3290. The average molecular weight is 1290 g/mol. The van der Waals surface area contributed by atoms with Gasteiger partial charge < -0.3 is 40.2 Å². The van der Waals surface area contributed by atoms with Gasteiger partial charge in [0.2, 0.25) is 0 Å². The monoisotopic (exact) mass is 1280 g/mol. The summed E-state index contributed by atoms with van der Waals surface area (Å²) in [6.45, 7) is 5.13. The lowest BCUT2D eigenvalue weighted by Gasteiger charge is -2.29. The predicted octanol–water partition coefficient (Wildman–Crippen LogP) is 10.5. The highest BCUT2D eigenvalue weighted by Gasteiger charge is 2.40. The van der Waals surface area contributed by atoms with Crippen LogP contribution in [0.4, 0.5) is 45.5 Å². The molecule has 0 aromatic heterocycles. The molecular weight excluding hydrogens is 1230 g/mol. The third-order valence-electron chi connectivity index (χ3n) is 15.9. The largest absolute Gasteiger partial charge is 0.383 e. The number of nitro groups is 4. The number of carbonyl (C=O) groups is 2. The summed E-state index contributed by atoms with van der Waals surface area (Å²) in [7, 11) is 0. The SMILES string of the molecule is O=C1c2c(NCCN3CCOC3c3cc([N+](=O)[O-])ccc3Cl)ccc(NCCN3CCOC3c3cc([N+](=O)[O-])ccc3Cl)c2C(=O)c2c(NCCN3CCOC3c3cc([N+](=O)[O-])ccc3Cl)ccc(NCCN3CCOC3c3cc([N+](=O)[O-])ccc3Cl)c21. The van der Waals surface area contributed by atoms with E-state index in [-0.39, 0.29) is 91.3 Å². The van der Waals surface area contributed by atoms with E-state index in [1.807, 2.05) is 19.6 Å². The quantitative estimate of drug-likeness (QED) is 0.0323. The van der Waals surface area contributed by atoms with E-state index in [1.54, 1.807) is 24.3 Å². The molecule has 4 N–H and O–H groups in total. The van der Waals surface area contributed by atoms with E-state index >= 15 is 9.59 Å². The molecule has 4 atom stereocenters. The Morgan fingerprint density at radius 2 is 0.591 bits per heavy atom. The second kappa shape index (κ2) is 27.0. The van der Waals surface area contributed by atoms with Crippen LogP contribution in [0.5, 0.6) is 0 Å². The topological polar surface area (TPSA) is 305 Å². The molecule has 0 spiro atoms. The molecule has 4 saturated heterocycles. The van der Waals surface area contributed by atoms with Gasteiger partial charge in [0.15, 0.2) is 11.6 Å².